The van der Waals surface area contributed by atoms with Crippen molar-refractivity contribution in [3.05, 3.63) is 28.8 Å². The number of esters is 1. The Morgan fingerprint density at radius 1 is 1.52 bits per heavy atom. The molecule has 2 unspecified atom stereocenters. The number of fused-ring (bicyclic) bond motifs is 1. The van der Waals surface area contributed by atoms with Crippen LogP contribution in [0.25, 0.3) is 0 Å². The SMILES string of the molecule is COC(=O)C(C)CN(C)C(=O)C1Cc2cc(Cl)ccc2O1. The molecule has 0 bridgehead atoms. The van der Waals surface area contributed by atoms with E-state index in [-0.39, 0.29) is 17.8 Å². The van der Waals surface area contributed by atoms with Crippen LogP contribution >= 0.6 is 11.6 Å². The number of nitrogens with zero attached hydrogens (tertiary/aromatic N) is 1. The highest BCUT2D eigenvalue weighted by molar-refractivity contribution is 6.30. The Labute approximate surface area is 128 Å². The molecule has 6 heteroatoms. The van der Waals surface area contributed by atoms with Gasteiger partial charge in [0.05, 0.1) is 13.0 Å². The maximum absolute atomic E-state index is 12.4. The van der Waals surface area contributed by atoms with Gasteiger partial charge in [0.25, 0.3) is 5.91 Å². The molecule has 0 fully saturated rings. The van der Waals surface area contributed by atoms with E-state index in [1.807, 2.05) is 0 Å². The normalized spacial score (nSPS) is 17.6. The lowest BCUT2D eigenvalue weighted by molar-refractivity contribution is -0.147. The average Bonchev–Trinajstić information content (AvgIpc) is 2.88. The molecule has 1 aliphatic heterocycles. The van der Waals surface area contributed by atoms with E-state index in [1.165, 1.54) is 12.0 Å². The number of ether oxygens (including phenoxy) is 2. The van der Waals surface area contributed by atoms with Gasteiger partial charge in [0, 0.05) is 25.0 Å². The van der Waals surface area contributed by atoms with Crippen molar-refractivity contribution in [3.63, 3.8) is 0 Å². The number of hydrogen-bond acceptors (Lipinski definition) is 4. The second-order valence-electron chi connectivity index (χ2n) is 5.21. The van der Waals surface area contributed by atoms with Crippen LogP contribution in [0.3, 0.4) is 0 Å². The van der Waals surface area contributed by atoms with Crippen molar-refractivity contribution in [2.24, 2.45) is 5.92 Å². The van der Waals surface area contributed by atoms with E-state index in [1.54, 1.807) is 32.2 Å². The Kier molecular flexibility index (Phi) is 4.73. The van der Waals surface area contributed by atoms with Crippen LogP contribution in [0, 0.1) is 5.92 Å². The number of methoxy groups -OCH3 is 1. The second-order valence-corrected chi connectivity index (χ2v) is 5.64. The van der Waals surface area contributed by atoms with E-state index in [4.69, 9.17) is 16.3 Å². The van der Waals surface area contributed by atoms with Crippen molar-refractivity contribution in [1.82, 2.24) is 4.90 Å². The van der Waals surface area contributed by atoms with E-state index in [2.05, 4.69) is 4.74 Å². The van der Waals surface area contributed by atoms with E-state index in [9.17, 15) is 9.59 Å². The number of hydrogen-bond donors (Lipinski definition) is 0. The third-order valence-electron chi connectivity index (χ3n) is 3.50. The topological polar surface area (TPSA) is 55.8 Å². The molecule has 2 atom stereocenters. The predicted molar refractivity (Wildman–Crippen MR) is 78.4 cm³/mol. The average molecular weight is 312 g/mol. The minimum absolute atomic E-state index is 0.155. The highest BCUT2D eigenvalue weighted by Crippen LogP contribution is 2.31. The molecule has 1 aromatic carbocycles. The van der Waals surface area contributed by atoms with Crippen molar-refractivity contribution in [2.45, 2.75) is 19.4 Å². The van der Waals surface area contributed by atoms with Gasteiger partial charge in [0.2, 0.25) is 0 Å². The van der Waals surface area contributed by atoms with Crippen molar-refractivity contribution >= 4 is 23.5 Å². The van der Waals surface area contributed by atoms with Gasteiger partial charge >= 0.3 is 5.97 Å². The van der Waals surface area contributed by atoms with Crippen LogP contribution in [0.4, 0.5) is 0 Å². The first kappa shape index (κ1) is 15.6. The van der Waals surface area contributed by atoms with E-state index < -0.39 is 6.10 Å². The summed E-state index contributed by atoms with van der Waals surface area (Å²) in [6.07, 6.45) is -0.0700. The fourth-order valence-corrected chi connectivity index (χ4v) is 2.57. The first-order chi connectivity index (χ1) is 9.92. The molecule has 5 nitrogen and oxygen atoms in total. The molecular formula is C15H18ClNO4. The van der Waals surface area contributed by atoms with E-state index in [0.717, 1.165) is 5.56 Å². The van der Waals surface area contributed by atoms with E-state index in [0.29, 0.717) is 23.7 Å². The molecule has 0 saturated heterocycles. The molecule has 1 amide bonds. The van der Waals surface area contributed by atoms with Gasteiger partial charge in [-0.25, -0.2) is 0 Å². The molecule has 2 rings (SSSR count). The maximum atomic E-state index is 12.4. The van der Waals surface area contributed by atoms with Crippen LogP contribution in [0.15, 0.2) is 18.2 Å². The van der Waals surface area contributed by atoms with Crippen LogP contribution in [-0.2, 0) is 20.7 Å². The molecule has 114 valence electrons. The van der Waals surface area contributed by atoms with Gasteiger partial charge in [-0.1, -0.05) is 18.5 Å². The minimum atomic E-state index is -0.562. The zero-order valence-corrected chi connectivity index (χ0v) is 13.0. The molecule has 0 N–H and O–H groups in total. The molecule has 0 saturated carbocycles. The Morgan fingerprint density at radius 3 is 2.90 bits per heavy atom. The zero-order chi connectivity index (χ0) is 15.6. The predicted octanol–water partition coefficient (Wildman–Crippen LogP) is 1.91. The Balaban J connectivity index is 1.97. The summed E-state index contributed by atoms with van der Waals surface area (Å²) in [7, 11) is 2.99. The molecular weight excluding hydrogens is 294 g/mol. The lowest BCUT2D eigenvalue weighted by Gasteiger charge is -2.23. The zero-order valence-electron chi connectivity index (χ0n) is 12.3. The third kappa shape index (κ3) is 3.47. The Bertz CT molecular complexity index is 561. The summed E-state index contributed by atoms with van der Waals surface area (Å²) >= 11 is 5.93. The highest BCUT2D eigenvalue weighted by Gasteiger charge is 2.32. The lowest BCUT2D eigenvalue weighted by atomic mass is 10.1. The second kappa shape index (κ2) is 6.35. The van der Waals surface area contributed by atoms with Crippen molar-refractivity contribution < 1.29 is 19.1 Å². The lowest BCUT2D eigenvalue weighted by Crippen LogP contribution is -2.42. The van der Waals surface area contributed by atoms with E-state index >= 15 is 0 Å². The number of rotatable bonds is 4. The molecule has 21 heavy (non-hydrogen) atoms. The summed E-state index contributed by atoms with van der Waals surface area (Å²) in [5.74, 6) is -0.176. The fraction of sp³-hybridized carbons (Fsp3) is 0.467. The number of carbonyl (C=O) groups excluding carboxylic acids is 2. The molecule has 1 heterocycles. The van der Waals surface area contributed by atoms with Crippen molar-refractivity contribution in [2.75, 3.05) is 20.7 Å². The van der Waals surface area contributed by atoms with Crippen LogP contribution in [0.5, 0.6) is 5.75 Å². The van der Waals surface area contributed by atoms with Gasteiger partial charge < -0.3 is 14.4 Å². The molecule has 0 spiro atoms. The first-order valence-corrected chi connectivity index (χ1v) is 7.08. The number of carbonyl (C=O) groups is 2. The van der Waals surface area contributed by atoms with Gasteiger partial charge in [-0.3, -0.25) is 9.59 Å². The monoisotopic (exact) mass is 311 g/mol. The summed E-state index contributed by atoms with van der Waals surface area (Å²) in [6.45, 7) is 2.02. The van der Waals surface area contributed by atoms with Gasteiger partial charge in [-0.05, 0) is 23.8 Å². The Hall–Kier alpha value is -1.75. The molecule has 0 aliphatic carbocycles. The number of benzene rings is 1. The molecule has 0 aromatic heterocycles. The standard InChI is InChI=1S/C15H18ClNO4/c1-9(15(19)20-3)8-17(2)14(18)13-7-10-6-11(16)4-5-12(10)21-13/h4-6,9,13H,7-8H2,1-3H3. The van der Waals surface area contributed by atoms with Gasteiger partial charge in [-0.2, -0.15) is 0 Å². The van der Waals surface area contributed by atoms with Crippen LogP contribution in [-0.4, -0.2) is 43.6 Å². The number of likely N-dealkylation sites (N-methyl/N-ethyl adjacent to an activating group) is 1. The fourth-order valence-electron chi connectivity index (χ4n) is 2.38. The number of halogens is 1. The smallest absolute Gasteiger partial charge is 0.310 e. The molecule has 1 aromatic rings. The van der Waals surface area contributed by atoms with Gasteiger partial charge in [-0.15, -0.1) is 0 Å². The maximum Gasteiger partial charge on any atom is 0.310 e. The third-order valence-corrected chi connectivity index (χ3v) is 3.74. The Morgan fingerprint density at radius 2 is 2.24 bits per heavy atom. The largest absolute Gasteiger partial charge is 0.480 e. The summed E-state index contributed by atoms with van der Waals surface area (Å²) in [5, 5.41) is 0.623. The van der Waals surface area contributed by atoms with Crippen LogP contribution in [0.2, 0.25) is 5.02 Å². The van der Waals surface area contributed by atoms with Gasteiger partial charge in [0.1, 0.15) is 5.75 Å². The van der Waals surface area contributed by atoms with Gasteiger partial charge in [0.15, 0.2) is 6.10 Å². The quantitative estimate of drug-likeness (QED) is 0.797. The van der Waals surface area contributed by atoms with Crippen molar-refractivity contribution in [3.8, 4) is 5.75 Å². The number of amides is 1. The molecule has 0 radical (unpaired) electrons. The first-order valence-electron chi connectivity index (χ1n) is 6.70. The minimum Gasteiger partial charge on any atom is -0.480 e. The highest BCUT2D eigenvalue weighted by atomic mass is 35.5. The van der Waals surface area contributed by atoms with Crippen LogP contribution < -0.4 is 4.74 Å². The van der Waals surface area contributed by atoms with Crippen molar-refractivity contribution in [1.29, 1.82) is 0 Å². The summed E-state index contributed by atoms with van der Waals surface area (Å²) in [5.41, 5.74) is 0.926. The molecule has 1 aliphatic rings. The van der Waals surface area contributed by atoms with Crippen LogP contribution in [0.1, 0.15) is 12.5 Å². The summed E-state index contributed by atoms with van der Waals surface area (Å²) < 4.78 is 10.3. The summed E-state index contributed by atoms with van der Waals surface area (Å²) in [6, 6.07) is 5.31. The summed E-state index contributed by atoms with van der Waals surface area (Å²) in [4.78, 5) is 25.3.